The molecule has 2 heterocycles. The lowest BCUT2D eigenvalue weighted by molar-refractivity contribution is -0.133. The molecule has 2 saturated heterocycles. The van der Waals surface area contributed by atoms with E-state index in [4.69, 9.17) is 10.5 Å². The minimum absolute atomic E-state index is 0.259. The lowest BCUT2D eigenvalue weighted by atomic mass is 9.86. The molecule has 138 valence electrons. The van der Waals surface area contributed by atoms with Gasteiger partial charge in [-0.3, -0.25) is 4.79 Å². The van der Waals surface area contributed by atoms with Crippen LogP contribution in [0.4, 0.5) is 0 Å². The van der Waals surface area contributed by atoms with Gasteiger partial charge in [-0.25, -0.2) is 0 Å². The van der Waals surface area contributed by atoms with E-state index in [1.54, 1.807) is 0 Å². The van der Waals surface area contributed by atoms with Gasteiger partial charge in [-0.15, -0.1) is 0 Å². The van der Waals surface area contributed by atoms with Crippen LogP contribution >= 0.6 is 0 Å². The number of hydrogen-bond acceptors (Lipinski definition) is 3. The van der Waals surface area contributed by atoms with Crippen molar-refractivity contribution in [3.63, 3.8) is 0 Å². The Morgan fingerprint density at radius 3 is 2.40 bits per heavy atom. The van der Waals surface area contributed by atoms with Gasteiger partial charge in [0, 0.05) is 25.7 Å². The fourth-order valence-corrected chi connectivity index (χ4v) is 4.46. The van der Waals surface area contributed by atoms with Gasteiger partial charge in [0.05, 0.1) is 12.5 Å². The van der Waals surface area contributed by atoms with Gasteiger partial charge < -0.3 is 15.4 Å². The maximum Gasteiger partial charge on any atom is 0.227 e. The molecule has 2 unspecified atom stereocenters. The summed E-state index contributed by atoms with van der Waals surface area (Å²) in [6.07, 6.45) is 4.84. The van der Waals surface area contributed by atoms with Crippen molar-refractivity contribution in [1.29, 1.82) is 0 Å². The molecule has 2 aliphatic heterocycles. The second-order valence-corrected chi connectivity index (χ2v) is 7.97. The third-order valence-electron chi connectivity index (χ3n) is 5.94. The zero-order valence-electron chi connectivity index (χ0n) is 15.9. The maximum absolute atomic E-state index is 12.8. The van der Waals surface area contributed by atoms with Crippen molar-refractivity contribution in [2.45, 2.75) is 65.0 Å². The standard InChI is InChI=1S/C21H32N2O2/c1-14-10-15(2)19(16(3)11-14)13-21(24)23-7-4-17(5-8-23)20-12-18(22)6-9-25-20/h10-11,17-18,20H,4-9,12-13,22H2,1-3H3. The number of piperidine rings is 1. The van der Waals surface area contributed by atoms with Crippen molar-refractivity contribution in [2.75, 3.05) is 19.7 Å². The fraction of sp³-hybridized carbons (Fsp3) is 0.667. The molecule has 4 heteroatoms. The summed E-state index contributed by atoms with van der Waals surface area (Å²) < 4.78 is 5.94. The van der Waals surface area contributed by atoms with Crippen LogP contribution in [0.5, 0.6) is 0 Å². The Hall–Kier alpha value is -1.39. The molecule has 2 N–H and O–H groups in total. The van der Waals surface area contributed by atoms with Gasteiger partial charge in [0.15, 0.2) is 0 Å². The molecule has 1 aromatic carbocycles. The minimum Gasteiger partial charge on any atom is -0.378 e. The fourth-order valence-electron chi connectivity index (χ4n) is 4.46. The molecule has 25 heavy (non-hydrogen) atoms. The smallest absolute Gasteiger partial charge is 0.227 e. The summed E-state index contributed by atoms with van der Waals surface area (Å²) in [6, 6.07) is 4.63. The van der Waals surface area contributed by atoms with Crippen LogP contribution in [0.25, 0.3) is 0 Å². The second kappa shape index (κ2) is 7.88. The average molecular weight is 344 g/mol. The summed E-state index contributed by atoms with van der Waals surface area (Å²) in [4.78, 5) is 14.8. The Balaban J connectivity index is 1.55. The molecule has 3 rings (SSSR count). The van der Waals surface area contributed by atoms with Gasteiger partial charge in [0.25, 0.3) is 0 Å². The number of ether oxygens (including phenoxy) is 1. The molecule has 0 aromatic heterocycles. The Bertz CT molecular complexity index is 597. The molecular weight excluding hydrogens is 312 g/mol. The molecule has 0 aliphatic carbocycles. The lowest BCUT2D eigenvalue weighted by Crippen LogP contribution is -2.45. The van der Waals surface area contributed by atoms with Crippen LogP contribution in [-0.4, -0.2) is 42.6 Å². The van der Waals surface area contributed by atoms with E-state index in [1.165, 1.54) is 22.3 Å². The van der Waals surface area contributed by atoms with E-state index in [0.29, 0.717) is 18.4 Å². The highest BCUT2D eigenvalue weighted by atomic mass is 16.5. The maximum atomic E-state index is 12.8. The number of nitrogens with zero attached hydrogens (tertiary/aromatic N) is 1. The highest BCUT2D eigenvalue weighted by Gasteiger charge is 2.32. The summed E-state index contributed by atoms with van der Waals surface area (Å²) in [7, 11) is 0. The molecule has 0 saturated carbocycles. The van der Waals surface area contributed by atoms with Crippen LogP contribution in [-0.2, 0) is 16.0 Å². The van der Waals surface area contributed by atoms with Gasteiger partial charge >= 0.3 is 0 Å². The lowest BCUT2D eigenvalue weighted by Gasteiger charge is -2.39. The molecule has 2 fully saturated rings. The first kappa shape index (κ1) is 18.4. The van der Waals surface area contributed by atoms with Crippen molar-refractivity contribution < 1.29 is 9.53 Å². The van der Waals surface area contributed by atoms with Crippen molar-refractivity contribution in [3.8, 4) is 0 Å². The predicted octanol–water partition coefficient (Wildman–Crippen LogP) is 2.90. The number of carbonyl (C=O) groups is 1. The van der Waals surface area contributed by atoms with Gasteiger partial charge in [-0.2, -0.15) is 0 Å². The van der Waals surface area contributed by atoms with Gasteiger partial charge in [0.1, 0.15) is 0 Å². The molecule has 4 nitrogen and oxygen atoms in total. The molecule has 0 bridgehead atoms. The highest BCUT2D eigenvalue weighted by Crippen LogP contribution is 2.28. The largest absolute Gasteiger partial charge is 0.378 e. The van der Waals surface area contributed by atoms with Crippen LogP contribution in [0.3, 0.4) is 0 Å². The normalized spacial score (nSPS) is 25.2. The summed E-state index contributed by atoms with van der Waals surface area (Å²) in [5.74, 6) is 0.813. The zero-order valence-corrected chi connectivity index (χ0v) is 15.9. The molecule has 2 aliphatic rings. The third-order valence-corrected chi connectivity index (χ3v) is 5.94. The third kappa shape index (κ3) is 4.42. The number of benzene rings is 1. The summed E-state index contributed by atoms with van der Waals surface area (Å²) in [5, 5.41) is 0. The first-order valence-corrected chi connectivity index (χ1v) is 9.65. The molecule has 1 amide bonds. The van der Waals surface area contributed by atoms with Crippen molar-refractivity contribution in [1.82, 2.24) is 4.90 Å². The van der Waals surface area contributed by atoms with Crippen LogP contribution in [0, 0.1) is 26.7 Å². The second-order valence-electron chi connectivity index (χ2n) is 7.97. The SMILES string of the molecule is Cc1cc(C)c(CC(=O)N2CCC(C3CC(N)CCO3)CC2)c(C)c1. The van der Waals surface area contributed by atoms with E-state index in [2.05, 4.69) is 32.9 Å². The monoisotopic (exact) mass is 344 g/mol. The number of amides is 1. The Labute approximate surface area is 151 Å². The van der Waals surface area contributed by atoms with E-state index in [1.807, 2.05) is 4.90 Å². The van der Waals surface area contributed by atoms with Gasteiger partial charge in [0.2, 0.25) is 5.91 Å². The van der Waals surface area contributed by atoms with E-state index in [-0.39, 0.29) is 11.9 Å². The van der Waals surface area contributed by atoms with Crippen LogP contribution in [0.15, 0.2) is 12.1 Å². The van der Waals surface area contributed by atoms with E-state index < -0.39 is 0 Å². The first-order chi connectivity index (χ1) is 11.9. The summed E-state index contributed by atoms with van der Waals surface area (Å²) in [5.41, 5.74) is 11.0. The topological polar surface area (TPSA) is 55.6 Å². The van der Waals surface area contributed by atoms with Gasteiger partial charge in [-0.05, 0) is 69.1 Å². The average Bonchev–Trinajstić information content (AvgIpc) is 2.58. The molecule has 0 radical (unpaired) electrons. The molecular formula is C21H32N2O2. The summed E-state index contributed by atoms with van der Waals surface area (Å²) >= 11 is 0. The highest BCUT2D eigenvalue weighted by molar-refractivity contribution is 5.79. The Kier molecular flexibility index (Phi) is 5.80. The number of rotatable bonds is 3. The number of nitrogens with two attached hydrogens (primary N) is 1. The van der Waals surface area contributed by atoms with E-state index in [0.717, 1.165) is 45.4 Å². The zero-order chi connectivity index (χ0) is 18.0. The van der Waals surface area contributed by atoms with Crippen molar-refractivity contribution >= 4 is 5.91 Å². The molecule has 0 spiro atoms. The number of carbonyl (C=O) groups excluding carboxylic acids is 1. The minimum atomic E-state index is 0.259. The van der Waals surface area contributed by atoms with E-state index >= 15 is 0 Å². The predicted molar refractivity (Wildman–Crippen MR) is 101 cm³/mol. The van der Waals surface area contributed by atoms with Gasteiger partial charge in [-0.1, -0.05) is 17.7 Å². The molecule has 1 aromatic rings. The summed E-state index contributed by atoms with van der Waals surface area (Å²) in [6.45, 7) is 8.81. The Morgan fingerprint density at radius 2 is 1.80 bits per heavy atom. The molecule has 2 atom stereocenters. The number of likely N-dealkylation sites (tertiary alicyclic amines) is 1. The van der Waals surface area contributed by atoms with E-state index in [9.17, 15) is 4.79 Å². The van der Waals surface area contributed by atoms with Crippen LogP contribution < -0.4 is 5.73 Å². The van der Waals surface area contributed by atoms with Crippen molar-refractivity contribution in [3.05, 3.63) is 34.4 Å². The van der Waals surface area contributed by atoms with Crippen LogP contribution in [0.2, 0.25) is 0 Å². The quantitative estimate of drug-likeness (QED) is 0.917. The van der Waals surface area contributed by atoms with Crippen LogP contribution in [0.1, 0.15) is 47.9 Å². The Morgan fingerprint density at radius 1 is 1.16 bits per heavy atom. The van der Waals surface area contributed by atoms with Crippen molar-refractivity contribution in [2.24, 2.45) is 11.7 Å². The number of hydrogen-bond donors (Lipinski definition) is 1. The number of aryl methyl sites for hydroxylation is 3. The first-order valence-electron chi connectivity index (χ1n) is 9.65.